The molecule has 0 radical (unpaired) electrons. The molecule has 0 N–H and O–H groups in total. The van der Waals surface area contributed by atoms with Gasteiger partial charge in [0, 0.05) is 11.5 Å². The van der Waals surface area contributed by atoms with Crippen molar-refractivity contribution in [3.63, 3.8) is 0 Å². The summed E-state index contributed by atoms with van der Waals surface area (Å²) in [4.78, 5) is 4.61. The third kappa shape index (κ3) is 3.03. The highest BCUT2D eigenvalue weighted by Gasteiger charge is 2.17. The van der Waals surface area contributed by atoms with Crippen LogP contribution in [0.15, 0.2) is 18.2 Å². The van der Waals surface area contributed by atoms with Crippen LogP contribution in [0, 0.1) is 13.8 Å². The predicted molar refractivity (Wildman–Crippen MR) is 82.8 cm³/mol. The van der Waals surface area contributed by atoms with Crippen LogP contribution in [0.4, 0.5) is 0 Å². The molecule has 3 heteroatoms. The van der Waals surface area contributed by atoms with Gasteiger partial charge in [0.1, 0.15) is 11.4 Å². The van der Waals surface area contributed by atoms with E-state index in [9.17, 15) is 0 Å². The monoisotopic (exact) mass is 273 g/mol. The number of rotatable bonds is 3. The van der Waals surface area contributed by atoms with Crippen LogP contribution < -0.4 is 9.47 Å². The first-order chi connectivity index (χ1) is 9.31. The van der Waals surface area contributed by atoms with Crippen LogP contribution in [0.2, 0.25) is 0 Å². The van der Waals surface area contributed by atoms with Gasteiger partial charge in [-0.2, -0.15) is 0 Å². The van der Waals surface area contributed by atoms with Gasteiger partial charge < -0.3 is 9.47 Å². The van der Waals surface area contributed by atoms with Gasteiger partial charge in [0.2, 0.25) is 5.88 Å². The summed E-state index contributed by atoms with van der Waals surface area (Å²) in [7, 11) is 0. The van der Waals surface area contributed by atoms with Crippen LogP contribution in [0.3, 0.4) is 0 Å². The van der Waals surface area contributed by atoms with Crippen LogP contribution in [-0.4, -0.2) is 17.2 Å². The van der Waals surface area contributed by atoms with E-state index in [2.05, 4.69) is 31.0 Å². The zero-order valence-corrected chi connectivity index (χ0v) is 13.2. The number of hydrogen-bond donors (Lipinski definition) is 0. The highest BCUT2D eigenvalue weighted by molar-refractivity contribution is 5.89. The summed E-state index contributed by atoms with van der Waals surface area (Å²) >= 11 is 0. The van der Waals surface area contributed by atoms with Gasteiger partial charge in [0.25, 0.3) is 0 Å². The first kappa shape index (κ1) is 14.6. The van der Waals surface area contributed by atoms with Crippen molar-refractivity contribution in [2.45, 2.75) is 47.1 Å². The molecule has 0 saturated heterocycles. The number of aryl methyl sites for hydroxylation is 2. The molecule has 0 aliphatic heterocycles. The summed E-state index contributed by atoms with van der Waals surface area (Å²) in [6, 6.07) is 6.06. The van der Waals surface area contributed by atoms with E-state index in [-0.39, 0.29) is 5.60 Å². The minimum Gasteiger partial charge on any atom is -0.487 e. The molecule has 108 valence electrons. The number of pyridine rings is 1. The zero-order chi connectivity index (χ0) is 14.9. The molecule has 1 aromatic heterocycles. The Morgan fingerprint density at radius 1 is 1.15 bits per heavy atom. The second-order valence-corrected chi connectivity index (χ2v) is 6.01. The normalized spacial score (nSPS) is 11.7. The predicted octanol–water partition coefficient (Wildman–Crippen LogP) is 4.43. The van der Waals surface area contributed by atoms with E-state index < -0.39 is 0 Å². The van der Waals surface area contributed by atoms with Crippen molar-refractivity contribution in [3.05, 3.63) is 29.3 Å². The maximum Gasteiger partial charge on any atom is 0.217 e. The molecular formula is C17H23NO2. The molecule has 2 aromatic rings. The fourth-order valence-corrected chi connectivity index (χ4v) is 2.11. The first-order valence-electron chi connectivity index (χ1n) is 7.04. The van der Waals surface area contributed by atoms with Gasteiger partial charge in [-0.3, -0.25) is 0 Å². The van der Waals surface area contributed by atoms with Crippen molar-refractivity contribution in [2.24, 2.45) is 0 Å². The maximum atomic E-state index is 6.08. The van der Waals surface area contributed by atoms with Crippen molar-refractivity contribution in [3.8, 4) is 11.6 Å². The van der Waals surface area contributed by atoms with Gasteiger partial charge in [-0.05, 0) is 58.7 Å². The Labute approximate surface area is 120 Å². The fraction of sp³-hybridized carbons (Fsp3) is 0.471. The van der Waals surface area contributed by atoms with E-state index in [0.717, 1.165) is 16.7 Å². The van der Waals surface area contributed by atoms with E-state index in [1.54, 1.807) is 0 Å². The zero-order valence-electron chi connectivity index (χ0n) is 13.2. The molecule has 3 nitrogen and oxygen atoms in total. The SMILES string of the molecule is CCOc1cc(OC(C)(C)C)c2ccc(C)c(C)c2n1. The minimum atomic E-state index is -0.253. The molecule has 2 rings (SSSR count). The Kier molecular flexibility index (Phi) is 3.89. The minimum absolute atomic E-state index is 0.253. The van der Waals surface area contributed by atoms with Crippen LogP contribution in [-0.2, 0) is 0 Å². The Bertz CT molecular complexity index is 627. The molecule has 0 unspecified atom stereocenters. The fourth-order valence-electron chi connectivity index (χ4n) is 2.11. The van der Waals surface area contributed by atoms with E-state index in [0.29, 0.717) is 12.5 Å². The Balaban J connectivity index is 2.67. The molecule has 0 bridgehead atoms. The van der Waals surface area contributed by atoms with Crippen LogP contribution >= 0.6 is 0 Å². The van der Waals surface area contributed by atoms with Crippen molar-refractivity contribution in [1.82, 2.24) is 4.98 Å². The molecule has 0 aliphatic carbocycles. The number of benzene rings is 1. The number of ether oxygens (including phenoxy) is 2. The molecule has 20 heavy (non-hydrogen) atoms. The van der Waals surface area contributed by atoms with Gasteiger partial charge in [0.05, 0.1) is 12.1 Å². The Hall–Kier alpha value is -1.77. The highest BCUT2D eigenvalue weighted by Crippen LogP contribution is 2.33. The summed E-state index contributed by atoms with van der Waals surface area (Å²) < 4.78 is 11.6. The lowest BCUT2D eigenvalue weighted by Gasteiger charge is -2.23. The van der Waals surface area contributed by atoms with Gasteiger partial charge in [0.15, 0.2) is 0 Å². The van der Waals surface area contributed by atoms with E-state index >= 15 is 0 Å². The van der Waals surface area contributed by atoms with E-state index in [4.69, 9.17) is 9.47 Å². The molecular weight excluding hydrogens is 250 g/mol. The lowest BCUT2D eigenvalue weighted by atomic mass is 10.0. The number of hydrogen-bond acceptors (Lipinski definition) is 3. The molecule has 0 aliphatic rings. The van der Waals surface area contributed by atoms with Crippen molar-refractivity contribution < 1.29 is 9.47 Å². The third-order valence-electron chi connectivity index (χ3n) is 3.15. The van der Waals surface area contributed by atoms with Crippen LogP contribution in [0.25, 0.3) is 10.9 Å². The van der Waals surface area contributed by atoms with Crippen molar-refractivity contribution >= 4 is 10.9 Å². The quantitative estimate of drug-likeness (QED) is 0.829. The average Bonchev–Trinajstić information content (AvgIpc) is 2.33. The summed E-state index contributed by atoms with van der Waals surface area (Å²) in [6.45, 7) is 12.9. The van der Waals surface area contributed by atoms with Gasteiger partial charge in [-0.1, -0.05) is 6.07 Å². The largest absolute Gasteiger partial charge is 0.487 e. The third-order valence-corrected chi connectivity index (χ3v) is 3.15. The maximum absolute atomic E-state index is 6.08. The molecule has 0 saturated carbocycles. The number of aromatic nitrogens is 1. The Morgan fingerprint density at radius 2 is 1.85 bits per heavy atom. The molecule has 0 spiro atoms. The van der Waals surface area contributed by atoms with Crippen LogP contribution in [0.5, 0.6) is 11.6 Å². The first-order valence-corrected chi connectivity index (χ1v) is 7.04. The standard InChI is InChI=1S/C17H23NO2/c1-7-19-15-10-14(20-17(4,5)6)13-9-8-11(2)12(3)16(13)18-15/h8-10H,7H2,1-6H3. The number of nitrogens with zero attached hydrogens (tertiary/aromatic N) is 1. The smallest absolute Gasteiger partial charge is 0.217 e. The Morgan fingerprint density at radius 3 is 2.45 bits per heavy atom. The van der Waals surface area contributed by atoms with Gasteiger partial charge in [-0.15, -0.1) is 0 Å². The van der Waals surface area contributed by atoms with E-state index in [1.165, 1.54) is 11.1 Å². The van der Waals surface area contributed by atoms with E-state index in [1.807, 2.05) is 33.8 Å². The van der Waals surface area contributed by atoms with Crippen molar-refractivity contribution in [2.75, 3.05) is 6.61 Å². The van der Waals surface area contributed by atoms with Gasteiger partial charge >= 0.3 is 0 Å². The lowest BCUT2D eigenvalue weighted by molar-refractivity contribution is 0.132. The second kappa shape index (κ2) is 5.31. The second-order valence-electron chi connectivity index (χ2n) is 6.01. The van der Waals surface area contributed by atoms with Crippen molar-refractivity contribution in [1.29, 1.82) is 0 Å². The van der Waals surface area contributed by atoms with Gasteiger partial charge in [-0.25, -0.2) is 4.98 Å². The summed E-state index contributed by atoms with van der Waals surface area (Å²) in [5.74, 6) is 1.45. The lowest BCUT2D eigenvalue weighted by Crippen LogP contribution is -2.23. The molecule has 0 atom stereocenters. The topological polar surface area (TPSA) is 31.4 Å². The van der Waals surface area contributed by atoms with Crippen LogP contribution in [0.1, 0.15) is 38.8 Å². The average molecular weight is 273 g/mol. The molecule has 1 heterocycles. The molecule has 1 aromatic carbocycles. The summed E-state index contributed by atoms with van der Waals surface area (Å²) in [5, 5.41) is 1.03. The molecule has 0 amide bonds. The molecule has 0 fully saturated rings. The number of fused-ring (bicyclic) bond motifs is 1. The summed E-state index contributed by atoms with van der Waals surface area (Å²) in [5.41, 5.74) is 3.09. The highest BCUT2D eigenvalue weighted by atomic mass is 16.5. The summed E-state index contributed by atoms with van der Waals surface area (Å²) in [6.07, 6.45) is 0.